The SMILES string of the molecule is COC(=O)[C@@H]1C[C@@H](Oc2cc3c(Cl)ncnc3cc2OC)CN1C(=O)OC(C)(C)C. The van der Waals surface area contributed by atoms with E-state index in [1.54, 1.807) is 32.9 Å². The molecule has 30 heavy (non-hydrogen) atoms. The fourth-order valence-electron chi connectivity index (χ4n) is 3.23. The molecular formula is C20H24ClN3O6. The lowest BCUT2D eigenvalue weighted by molar-refractivity contribution is -0.145. The number of benzene rings is 1. The highest BCUT2D eigenvalue weighted by molar-refractivity contribution is 6.34. The molecule has 0 radical (unpaired) electrons. The molecule has 0 saturated carbocycles. The van der Waals surface area contributed by atoms with E-state index < -0.39 is 29.8 Å². The van der Waals surface area contributed by atoms with E-state index >= 15 is 0 Å². The summed E-state index contributed by atoms with van der Waals surface area (Å²) in [6.45, 7) is 5.42. The summed E-state index contributed by atoms with van der Waals surface area (Å²) < 4.78 is 21.8. The number of esters is 1. The maximum atomic E-state index is 12.6. The normalized spacial score (nSPS) is 18.9. The van der Waals surface area contributed by atoms with E-state index in [1.807, 2.05) is 0 Å². The monoisotopic (exact) mass is 437 g/mol. The molecule has 2 atom stereocenters. The lowest BCUT2D eigenvalue weighted by Crippen LogP contribution is -2.44. The van der Waals surface area contributed by atoms with Crippen LogP contribution in [-0.4, -0.2) is 65.4 Å². The van der Waals surface area contributed by atoms with Crippen LogP contribution >= 0.6 is 11.6 Å². The van der Waals surface area contributed by atoms with E-state index in [-0.39, 0.29) is 18.1 Å². The lowest BCUT2D eigenvalue weighted by Gasteiger charge is -2.27. The highest BCUT2D eigenvalue weighted by atomic mass is 35.5. The van der Waals surface area contributed by atoms with Crippen LogP contribution in [0.3, 0.4) is 0 Å². The van der Waals surface area contributed by atoms with Gasteiger partial charge in [0.2, 0.25) is 0 Å². The molecule has 0 N–H and O–H groups in total. The van der Waals surface area contributed by atoms with Gasteiger partial charge in [0, 0.05) is 17.9 Å². The summed E-state index contributed by atoms with van der Waals surface area (Å²) in [5.74, 6) is 0.317. The first-order chi connectivity index (χ1) is 14.1. The molecule has 1 aliphatic heterocycles. The van der Waals surface area contributed by atoms with Gasteiger partial charge in [-0.25, -0.2) is 19.6 Å². The number of fused-ring (bicyclic) bond motifs is 1. The molecular weight excluding hydrogens is 414 g/mol. The van der Waals surface area contributed by atoms with Gasteiger partial charge in [0.25, 0.3) is 0 Å². The van der Waals surface area contributed by atoms with Crippen molar-refractivity contribution in [3.63, 3.8) is 0 Å². The summed E-state index contributed by atoms with van der Waals surface area (Å²) >= 11 is 6.17. The molecule has 1 saturated heterocycles. The third-order valence-corrected chi connectivity index (χ3v) is 4.83. The van der Waals surface area contributed by atoms with Crippen LogP contribution in [0.15, 0.2) is 18.5 Å². The van der Waals surface area contributed by atoms with E-state index in [1.165, 1.54) is 25.4 Å². The average molecular weight is 438 g/mol. The van der Waals surface area contributed by atoms with Gasteiger partial charge < -0.3 is 18.9 Å². The summed E-state index contributed by atoms with van der Waals surface area (Å²) in [4.78, 5) is 34.3. The van der Waals surface area contributed by atoms with Gasteiger partial charge in [-0.1, -0.05) is 11.6 Å². The standard InChI is InChI=1S/C20H24ClN3O6/c1-20(2,3)30-19(26)24-9-11(6-14(24)18(25)28-5)29-16-7-12-13(8-15(16)27-4)22-10-23-17(12)21/h7-8,10-11,14H,6,9H2,1-5H3/t11-,14+/m1/s1. The molecule has 2 heterocycles. The maximum absolute atomic E-state index is 12.6. The number of nitrogens with zero attached hydrogens (tertiary/aromatic N) is 3. The van der Waals surface area contributed by atoms with Crippen LogP contribution in [0.2, 0.25) is 5.15 Å². The third-order valence-electron chi connectivity index (χ3n) is 4.53. The van der Waals surface area contributed by atoms with Gasteiger partial charge in [-0.05, 0) is 26.8 Å². The maximum Gasteiger partial charge on any atom is 0.411 e. The molecule has 1 aromatic carbocycles. The first-order valence-corrected chi connectivity index (χ1v) is 9.73. The number of amides is 1. The minimum absolute atomic E-state index is 0.148. The molecule has 1 fully saturated rings. The Morgan fingerprint density at radius 2 is 1.90 bits per heavy atom. The second-order valence-electron chi connectivity index (χ2n) is 7.83. The summed E-state index contributed by atoms with van der Waals surface area (Å²) in [5, 5.41) is 0.878. The second kappa shape index (κ2) is 8.51. The molecule has 2 aromatic rings. The summed E-state index contributed by atoms with van der Waals surface area (Å²) in [7, 11) is 2.79. The van der Waals surface area contributed by atoms with Gasteiger partial charge in [-0.2, -0.15) is 0 Å². The van der Waals surface area contributed by atoms with E-state index in [9.17, 15) is 9.59 Å². The first-order valence-electron chi connectivity index (χ1n) is 9.35. The van der Waals surface area contributed by atoms with Gasteiger partial charge in [0.05, 0.1) is 26.3 Å². The molecule has 0 unspecified atom stereocenters. The Bertz CT molecular complexity index is 961. The molecule has 9 nitrogen and oxygen atoms in total. The minimum atomic E-state index is -0.812. The molecule has 1 aliphatic rings. The number of ether oxygens (including phenoxy) is 4. The Hall–Kier alpha value is -2.81. The van der Waals surface area contributed by atoms with Crippen molar-refractivity contribution in [2.75, 3.05) is 20.8 Å². The van der Waals surface area contributed by atoms with Crippen molar-refractivity contribution in [2.24, 2.45) is 0 Å². The highest BCUT2D eigenvalue weighted by Crippen LogP contribution is 2.36. The molecule has 162 valence electrons. The molecule has 0 bridgehead atoms. The van der Waals surface area contributed by atoms with Gasteiger partial charge in [-0.3, -0.25) is 4.90 Å². The zero-order chi connectivity index (χ0) is 22.1. The van der Waals surface area contributed by atoms with Crippen molar-refractivity contribution in [2.45, 2.75) is 44.9 Å². The molecule has 3 rings (SSSR count). The Labute approximate surface area is 179 Å². The minimum Gasteiger partial charge on any atom is -0.493 e. The molecule has 0 aliphatic carbocycles. The zero-order valence-electron chi connectivity index (χ0n) is 17.5. The largest absolute Gasteiger partial charge is 0.493 e. The molecule has 1 aromatic heterocycles. The fourth-order valence-corrected chi connectivity index (χ4v) is 3.42. The highest BCUT2D eigenvalue weighted by Gasteiger charge is 2.43. The van der Waals surface area contributed by atoms with E-state index in [0.29, 0.717) is 22.4 Å². The van der Waals surface area contributed by atoms with Crippen LogP contribution in [0.5, 0.6) is 11.5 Å². The summed E-state index contributed by atoms with van der Waals surface area (Å²) in [6, 6.07) is 2.56. The first kappa shape index (κ1) is 21.9. The Balaban J connectivity index is 1.87. The number of methoxy groups -OCH3 is 2. The lowest BCUT2D eigenvalue weighted by atomic mass is 10.2. The number of carbonyl (C=O) groups is 2. The van der Waals surface area contributed by atoms with Crippen molar-refractivity contribution in [1.29, 1.82) is 0 Å². The average Bonchev–Trinajstić information content (AvgIpc) is 3.10. The quantitative estimate of drug-likeness (QED) is 0.531. The third kappa shape index (κ3) is 4.67. The van der Waals surface area contributed by atoms with Crippen molar-refractivity contribution >= 4 is 34.6 Å². The van der Waals surface area contributed by atoms with Crippen LogP contribution in [-0.2, 0) is 14.3 Å². The van der Waals surface area contributed by atoms with Gasteiger partial charge in [0.1, 0.15) is 29.2 Å². The number of hydrogen-bond acceptors (Lipinski definition) is 8. The topological polar surface area (TPSA) is 100 Å². The molecule has 0 spiro atoms. The van der Waals surface area contributed by atoms with Gasteiger partial charge in [0.15, 0.2) is 11.5 Å². The van der Waals surface area contributed by atoms with Crippen molar-refractivity contribution in [3.05, 3.63) is 23.6 Å². The van der Waals surface area contributed by atoms with Crippen LogP contribution in [0.25, 0.3) is 10.9 Å². The van der Waals surface area contributed by atoms with Crippen LogP contribution < -0.4 is 9.47 Å². The van der Waals surface area contributed by atoms with Crippen molar-refractivity contribution in [3.8, 4) is 11.5 Å². The summed E-state index contributed by atoms with van der Waals surface area (Å²) in [5.41, 5.74) is -0.0944. The van der Waals surface area contributed by atoms with Crippen molar-refractivity contribution in [1.82, 2.24) is 14.9 Å². The number of halogens is 1. The number of carbonyl (C=O) groups excluding carboxylic acids is 2. The zero-order valence-corrected chi connectivity index (χ0v) is 18.2. The Morgan fingerprint density at radius 1 is 1.17 bits per heavy atom. The van der Waals surface area contributed by atoms with E-state index in [0.717, 1.165) is 0 Å². The number of aromatic nitrogens is 2. The fraction of sp³-hybridized carbons (Fsp3) is 0.500. The number of hydrogen-bond donors (Lipinski definition) is 0. The molecule has 10 heteroatoms. The smallest absolute Gasteiger partial charge is 0.411 e. The van der Waals surface area contributed by atoms with Crippen LogP contribution in [0.1, 0.15) is 27.2 Å². The van der Waals surface area contributed by atoms with E-state index in [4.69, 9.17) is 30.5 Å². The van der Waals surface area contributed by atoms with Crippen LogP contribution in [0, 0.1) is 0 Å². The molecule has 1 amide bonds. The van der Waals surface area contributed by atoms with Gasteiger partial charge in [-0.15, -0.1) is 0 Å². The number of rotatable bonds is 4. The Kier molecular flexibility index (Phi) is 6.21. The van der Waals surface area contributed by atoms with Crippen LogP contribution in [0.4, 0.5) is 4.79 Å². The van der Waals surface area contributed by atoms with Gasteiger partial charge >= 0.3 is 12.1 Å². The second-order valence-corrected chi connectivity index (χ2v) is 8.19. The van der Waals surface area contributed by atoms with E-state index in [2.05, 4.69) is 9.97 Å². The number of likely N-dealkylation sites (tertiary alicyclic amines) is 1. The Morgan fingerprint density at radius 3 is 2.53 bits per heavy atom. The predicted molar refractivity (Wildman–Crippen MR) is 109 cm³/mol. The predicted octanol–water partition coefficient (Wildman–Crippen LogP) is 3.22. The van der Waals surface area contributed by atoms with Crippen molar-refractivity contribution < 1.29 is 28.5 Å². The summed E-state index contributed by atoms with van der Waals surface area (Å²) in [6.07, 6.45) is 0.509.